The van der Waals surface area contributed by atoms with Crippen LogP contribution >= 0.6 is 0 Å². The summed E-state index contributed by atoms with van der Waals surface area (Å²) in [4.78, 5) is 11.4. The van der Waals surface area contributed by atoms with Gasteiger partial charge < -0.3 is 15.7 Å². The highest BCUT2D eigenvalue weighted by Gasteiger charge is 2.03. The molecular formula is C12H16N2O2. The number of hydrogen-bond acceptors (Lipinski definition) is 2. The van der Waals surface area contributed by atoms with E-state index in [9.17, 15) is 9.90 Å². The van der Waals surface area contributed by atoms with E-state index in [0.29, 0.717) is 5.69 Å². The number of phenols is 1. The van der Waals surface area contributed by atoms with Gasteiger partial charge in [-0.2, -0.15) is 0 Å². The zero-order chi connectivity index (χ0) is 12.1. The minimum absolute atomic E-state index is 0.188. The lowest BCUT2D eigenvalue weighted by molar-refractivity contribution is 0.255. The molecule has 0 radical (unpaired) electrons. The smallest absolute Gasteiger partial charge is 0.323 e. The maximum Gasteiger partial charge on any atom is 0.323 e. The molecule has 4 heteroatoms. The van der Waals surface area contributed by atoms with Gasteiger partial charge in [0.25, 0.3) is 0 Å². The van der Waals surface area contributed by atoms with Crippen LogP contribution in [-0.4, -0.2) is 11.1 Å². The second-order valence-corrected chi connectivity index (χ2v) is 3.82. The first-order valence-electron chi connectivity index (χ1n) is 4.99. The standard InChI is InChI=1S/C12H16N2O2/c1-8(2)7-13-12(16)14-11-5-4-10(15)6-9(11)3/h4-7,15H,1-3H3,(H2,13,14,16). The van der Waals surface area contributed by atoms with Crippen molar-refractivity contribution in [3.63, 3.8) is 0 Å². The quantitative estimate of drug-likeness (QED) is 0.671. The molecule has 0 heterocycles. The predicted octanol–water partition coefficient (Wildman–Crippen LogP) is 2.75. The number of rotatable bonds is 2. The van der Waals surface area contributed by atoms with Crippen LogP contribution in [0.3, 0.4) is 0 Å². The van der Waals surface area contributed by atoms with E-state index < -0.39 is 0 Å². The summed E-state index contributed by atoms with van der Waals surface area (Å²) < 4.78 is 0. The molecule has 0 aliphatic rings. The summed E-state index contributed by atoms with van der Waals surface area (Å²) in [7, 11) is 0. The van der Waals surface area contributed by atoms with Crippen LogP contribution in [0.15, 0.2) is 30.0 Å². The Morgan fingerprint density at radius 3 is 2.62 bits per heavy atom. The summed E-state index contributed by atoms with van der Waals surface area (Å²) in [6.45, 7) is 5.61. The van der Waals surface area contributed by atoms with Gasteiger partial charge in [-0.05, 0) is 44.5 Å². The number of nitrogens with one attached hydrogen (secondary N) is 2. The Balaban J connectivity index is 2.66. The van der Waals surface area contributed by atoms with E-state index >= 15 is 0 Å². The zero-order valence-electron chi connectivity index (χ0n) is 9.66. The highest BCUT2D eigenvalue weighted by atomic mass is 16.3. The molecule has 16 heavy (non-hydrogen) atoms. The lowest BCUT2D eigenvalue weighted by atomic mass is 10.2. The van der Waals surface area contributed by atoms with Gasteiger partial charge >= 0.3 is 6.03 Å². The molecule has 0 atom stereocenters. The molecule has 1 aromatic carbocycles. The van der Waals surface area contributed by atoms with Crippen LogP contribution in [0.1, 0.15) is 19.4 Å². The van der Waals surface area contributed by atoms with Crippen LogP contribution in [0.5, 0.6) is 5.75 Å². The second kappa shape index (κ2) is 5.21. The molecule has 0 spiro atoms. The zero-order valence-corrected chi connectivity index (χ0v) is 9.66. The molecule has 0 aliphatic heterocycles. The number of urea groups is 1. The number of hydrogen-bond donors (Lipinski definition) is 3. The van der Waals surface area contributed by atoms with Gasteiger partial charge in [0.2, 0.25) is 0 Å². The van der Waals surface area contributed by atoms with Gasteiger partial charge in [-0.15, -0.1) is 0 Å². The molecule has 0 saturated heterocycles. The monoisotopic (exact) mass is 220 g/mol. The van der Waals surface area contributed by atoms with Gasteiger partial charge in [0, 0.05) is 11.9 Å². The van der Waals surface area contributed by atoms with E-state index in [0.717, 1.165) is 11.1 Å². The Hall–Kier alpha value is -1.97. The summed E-state index contributed by atoms with van der Waals surface area (Å²) in [5, 5.41) is 14.5. The molecule has 0 saturated carbocycles. The highest BCUT2D eigenvalue weighted by molar-refractivity contribution is 5.90. The third kappa shape index (κ3) is 3.65. The number of benzene rings is 1. The van der Waals surface area contributed by atoms with Crippen LogP contribution in [0.2, 0.25) is 0 Å². The fourth-order valence-electron chi connectivity index (χ4n) is 1.16. The van der Waals surface area contributed by atoms with E-state index in [1.807, 2.05) is 20.8 Å². The Morgan fingerprint density at radius 1 is 1.38 bits per heavy atom. The molecule has 3 N–H and O–H groups in total. The number of aryl methyl sites for hydroxylation is 1. The van der Waals surface area contributed by atoms with E-state index in [2.05, 4.69) is 10.6 Å². The summed E-state index contributed by atoms with van der Waals surface area (Å²) in [5.41, 5.74) is 2.50. The van der Waals surface area contributed by atoms with Crippen molar-refractivity contribution in [1.82, 2.24) is 5.32 Å². The molecule has 0 bridgehead atoms. The molecule has 0 aromatic heterocycles. The molecular weight excluding hydrogens is 204 g/mol. The lowest BCUT2D eigenvalue weighted by Crippen LogP contribution is -2.24. The number of allylic oxidation sites excluding steroid dienone is 1. The Bertz CT molecular complexity index is 421. The van der Waals surface area contributed by atoms with Gasteiger partial charge in [0.15, 0.2) is 0 Å². The number of carbonyl (C=O) groups excluding carboxylic acids is 1. The van der Waals surface area contributed by atoms with Crippen molar-refractivity contribution >= 4 is 11.7 Å². The van der Waals surface area contributed by atoms with Crippen LogP contribution in [0.25, 0.3) is 0 Å². The van der Waals surface area contributed by atoms with Gasteiger partial charge in [0.1, 0.15) is 5.75 Å². The first-order chi connectivity index (χ1) is 7.49. The van der Waals surface area contributed by atoms with Gasteiger partial charge in [-0.3, -0.25) is 0 Å². The summed E-state index contributed by atoms with van der Waals surface area (Å²) in [5.74, 6) is 0.188. The van der Waals surface area contributed by atoms with Crippen molar-refractivity contribution in [3.8, 4) is 5.75 Å². The molecule has 0 fully saturated rings. The van der Waals surface area contributed by atoms with Gasteiger partial charge in [-0.1, -0.05) is 5.57 Å². The van der Waals surface area contributed by atoms with E-state index in [1.54, 1.807) is 18.3 Å². The van der Waals surface area contributed by atoms with Crippen LogP contribution < -0.4 is 10.6 Å². The maximum absolute atomic E-state index is 11.4. The molecule has 1 rings (SSSR count). The van der Waals surface area contributed by atoms with Crippen LogP contribution in [-0.2, 0) is 0 Å². The first-order valence-corrected chi connectivity index (χ1v) is 4.99. The third-order valence-corrected chi connectivity index (χ3v) is 1.95. The van der Waals surface area contributed by atoms with E-state index in [4.69, 9.17) is 0 Å². The summed E-state index contributed by atoms with van der Waals surface area (Å²) in [6.07, 6.45) is 1.63. The fraction of sp³-hybridized carbons (Fsp3) is 0.250. The molecule has 2 amide bonds. The van der Waals surface area contributed by atoms with Crippen molar-refractivity contribution in [2.75, 3.05) is 5.32 Å². The molecule has 4 nitrogen and oxygen atoms in total. The van der Waals surface area contributed by atoms with Gasteiger partial charge in [0.05, 0.1) is 0 Å². The Morgan fingerprint density at radius 2 is 2.06 bits per heavy atom. The Kier molecular flexibility index (Phi) is 3.94. The number of anilines is 1. The van der Waals surface area contributed by atoms with Crippen molar-refractivity contribution < 1.29 is 9.90 Å². The molecule has 1 aromatic rings. The summed E-state index contributed by atoms with van der Waals surface area (Å²) >= 11 is 0. The average molecular weight is 220 g/mol. The van der Waals surface area contributed by atoms with E-state index in [-0.39, 0.29) is 11.8 Å². The predicted molar refractivity (Wildman–Crippen MR) is 64.4 cm³/mol. The average Bonchev–Trinajstić information content (AvgIpc) is 2.19. The molecule has 86 valence electrons. The minimum atomic E-state index is -0.296. The second-order valence-electron chi connectivity index (χ2n) is 3.82. The normalized spacial score (nSPS) is 9.44. The maximum atomic E-state index is 11.4. The number of aromatic hydroxyl groups is 1. The number of amides is 2. The highest BCUT2D eigenvalue weighted by Crippen LogP contribution is 2.19. The topological polar surface area (TPSA) is 61.4 Å². The van der Waals surface area contributed by atoms with Crippen molar-refractivity contribution in [2.24, 2.45) is 0 Å². The molecule has 0 aliphatic carbocycles. The lowest BCUT2D eigenvalue weighted by Gasteiger charge is -2.08. The van der Waals surface area contributed by atoms with Crippen molar-refractivity contribution in [3.05, 3.63) is 35.5 Å². The fourth-order valence-corrected chi connectivity index (χ4v) is 1.16. The van der Waals surface area contributed by atoms with Gasteiger partial charge in [-0.25, -0.2) is 4.79 Å². The summed E-state index contributed by atoms with van der Waals surface area (Å²) in [6, 6.07) is 4.49. The SMILES string of the molecule is CC(C)=CNC(=O)Nc1ccc(O)cc1C. The van der Waals surface area contributed by atoms with Crippen molar-refractivity contribution in [2.45, 2.75) is 20.8 Å². The largest absolute Gasteiger partial charge is 0.508 e. The minimum Gasteiger partial charge on any atom is -0.508 e. The van der Waals surface area contributed by atoms with E-state index in [1.165, 1.54) is 6.07 Å². The molecule has 0 unspecified atom stereocenters. The first kappa shape index (κ1) is 12.1. The van der Waals surface area contributed by atoms with Crippen LogP contribution in [0, 0.1) is 6.92 Å². The van der Waals surface area contributed by atoms with Crippen LogP contribution in [0.4, 0.5) is 10.5 Å². The van der Waals surface area contributed by atoms with Crippen molar-refractivity contribution in [1.29, 1.82) is 0 Å². The number of carbonyl (C=O) groups is 1. The Labute approximate surface area is 95.0 Å². The number of phenolic OH excluding ortho intramolecular Hbond substituents is 1. The third-order valence-electron chi connectivity index (χ3n) is 1.95.